The number of hydrogen-bond donors (Lipinski definition) is 0. The Morgan fingerprint density at radius 3 is 2.69 bits per heavy atom. The Morgan fingerprint density at radius 2 is 2.08 bits per heavy atom. The first-order valence-electron chi connectivity index (χ1n) is 7.72. The van der Waals surface area contributed by atoms with Gasteiger partial charge in [0.2, 0.25) is 4.80 Å². The molecule has 6 nitrogen and oxygen atoms in total. The summed E-state index contributed by atoms with van der Waals surface area (Å²) in [5, 5.41) is 19.4. The quantitative estimate of drug-likeness (QED) is 0.271. The summed E-state index contributed by atoms with van der Waals surface area (Å²) in [4.78, 5) is 16.8. The van der Waals surface area contributed by atoms with E-state index in [1.807, 2.05) is 29.8 Å². The highest BCUT2D eigenvalue weighted by Crippen LogP contribution is 2.23. The Hall–Kier alpha value is -2.84. The van der Waals surface area contributed by atoms with Gasteiger partial charge in [-0.05, 0) is 30.5 Å². The van der Waals surface area contributed by atoms with Crippen LogP contribution in [0.15, 0.2) is 69.4 Å². The Kier molecular flexibility index (Phi) is 5.55. The molecule has 0 N–H and O–H groups in total. The molecule has 26 heavy (non-hydrogen) atoms. The monoisotopic (exact) mass is 384 g/mol. The van der Waals surface area contributed by atoms with Crippen molar-refractivity contribution in [2.75, 3.05) is 6.54 Å². The molecule has 0 bridgehead atoms. The molecular weight excluding hydrogens is 368 g/mol. The van der Waals surface area contributed by atoms with Crippen molar-refractivity contribution in [1.82, 2.24) is 4.68 Å². The summed E-state index contributed by atoms with van der Waals surface area (Å²) in [5.74, 6) is 0. The number of aromatic nitrogens is 1. The van der Waals surface area contributed by atoms with E-state index >= 15 is 0 Å². The average Bonchev–Trinajstić information content (AvgIpc) is 3.27. The van der Waals surface area contributed by atoms with Crippen LogP contribution in [0.5, 0.6) is 0 Å². The van der Waals surface area contributed by atoms with Gasteiger partial charge in [0.1, 0.15) is 0 Å². The second-order valence-corrected chi connectivity index (χ2v) is 7.37. The summed E-state index contributed by atoms with van der Waals surface area (Å²) in [7, 11) is 0. The molecule has 1 aromatic carbocycles. The molecule has 2 heterocycles. The van der Waals surface area contributed by atoms with Gasteiger partial charge < -0.3 is 0 Å². The van der Waals surface area contributed by atoms with Crippen LogP contribution in [-0.2, 0) is 0 Å². The smallest absolute Gasteiger partial charge is 0.258 e. The molecule has 0 saturated carbocycles. The Morgan fingerprint density at radius 1 is 1.31 bits per heavy atom. The lowest BCUT2D eigenvalue weighted by atomic mass is 10.1. The van der Waals surface area contributed by atoms with Gasteiger partial charge in [0, 0.05) is 28.0 Å². The lowest BCUT2D eigenvalue weighted by molar-refractivity contribution is -0.384. The molecule has 0 aliphatic rings. The third kappa shape index (κ3) is 4.22. The fraction of sp³-hybridized carbons (Fsp3) is 0.111. The Bertz CT molecular complexity index is 1010. The maximum absolute atomic E-state index is 10.9. The molecule has 8 heteroatoms. The van der Waals surface area contributed by atoms with Crippen LogP contribution in [0.3, 0.4) is 0 Å². The van der Waals surface area contributed by atoms with Crippen molar-refractivity contribution in [3.63, 3.8) is 0 Å². The lowest BCUT2D eigenvalue weighted by Gasteiger charge is -2.03. The zero-order chi connectivity index (χ0) is 18.5. The molecule has 0 spiro atoms. The predicted molar refractivity (Wildman–Crippen MR) is 107 cm³/mol. The molecule has 0 aliphatic carbocycles. The number of hydrogen-bond acceptors (Lipinski definition) is 6. The molecule has 132 valence electrons. The number of non-ortho nitro benzene ring substituents is 1. The van der Waals surface area contributed by atoms with Crippen molar-refractivity contribution in [2.24, 2.45) is 10.1 Å². The molecular formula is C18H16N4O2S2. The summed E-state index contributed by atoms with van der Waals surface area (Å²) in [5.41, 5.74) is 2.69. The molecule has 0 amide bonds. The minimum Gasteiger partial charge on any atom is -0.258 e. The predicted octanol–water partition coefficient (Wildman–Crippen LogP) is 4.55. The first kappa shape index (κ1) is 18.0. The zero-order valence-corrected chi connectivity index (χ0v) is 15.7. The van der Waals surface area contributed by atoms with E-state index in [1.165, 1.54) is 23.5 Å². The number of thiazole rings is 1. The van der Waals surface area contributed by atoms with Crippen molar-refractivity contribution < 1.29 is 4.92 Å². The third-order valence-electron chi connectivity index (χ3n) is 3.39. The highest BCUT2D eigenvalue weighted by atomic mass is 32.1. The van der Waals surface area contributed by atoms with Crippen molar-refractivity contribution in [2.45, 2.75) is 6.92 Å². The van der Waals surface area contributed by atoms with E-state index in [9.17, 15) is 10.1 Å². The van der Waals surface area contributed by atoms with E-state index in [0.717, 1.165) is 26.5 Å². The van der Waals surface area contributed by atoms with E-state index in [4.69, 9.17) is 0 Å². The van der Waals surface area contributed by atoms with Crippen LogP contribution < -0.4 is 4.80 Å². The molecule has 3 aromatic rings. The van der Waals surface area contributed by atoms with Gasteiger partial charge in [0.05, 0.1) is 23.4 Å². The largest absolute Gasteiger partial charge is 0.269 e. The zero-order valence-electron chi connectivity index (χ0n) is 14.0. The fourth-order valence-electron chi connectivity index (χ4n) is 2.15. The summed E-state index contributed by atoms with van der Waals surface area (Å²) in [6.07, 6.45) is 1.78. The van der Waals surface area contributed by atoms with Crippen LogP contribution in [0.25, 0.3) is 11.3 Å². The van der Waals surface area contributed by atoms with E-state index < -0.39 is 4.92 Å². The first-order valence-corrected chi connectivity index (χ1v) is 9.48. The minimum atomic E-state index is -0.409. The number of thiophene rings is 1. The molecule has 0 aliphatic heterocycles. The summed E-state index contributed by atoms with van der Waals surface area (Å²) in [6, 6.07) is 10.4. The molecule has 0 atom stereocenters. The topological polar surface area (TPSA) is 72.8 Å². The normalized spacial score (nSPS) is 12.0. The lowest BCUT2D eigenvalue weighted by Crippen LogP contribution is -2.12. The SMILES string of the molecule is C=C(C)CN=c1scc(-c2ccc([N+](=O)[O-])cc2)n1N=Cc1cccs1. The van der Waals surface area contributed by atoms with Crippen LogP contribution in [0, 0.1) is 10.1 Å². The van der Waals surface area contributed by atoms with Crippen LogP contribution in [0.1, 0.15) is 11.8 Å². The van der Waals surface area contributed by atoms with Gasteiger partial charge in [-0.15, -0.1) is 22.7 Å². The van der Waals surface area contributed by atoms with E-state index in [2.05, 4.69) is 16.7 Å². The van der Waals surface area contributed by atoms with Gasteiger partial charge in [0.25, 0.3) is 5.69 Å². The molecule has 0 unspecified atom stereocenters. The summed E-state index contributed by atoms with van der Waals surface area (Å²) >= 11 is 3.07. The number of benzene rings is 1. The highest BCUT2D eigenvalue weighted by molar-refractivity contribution is 7.11. The number of rotatable bonds is 6. The highest BCUT2D eigenvalue weighted by Gasteiger charge is 2.10. The first-order chi connectivity index (χ1) is 12.5. The Labute approximate surface area is 158 Å². The molecule has 3 rings (SSSR count). The summed E-state index contributed by atoms with van der Waals surface area (Å²) < 4.78 is 1.76. The van der Waals surface area contributed by atoms with Crippen LogP contribution in [0.2, 0.25) is 0 Å². The Balaban J connectivity index is 2.05. The second kappa shape index (κ2) is 8.03. The number of nitrogens with zero attached hydrogens (tertiary/aromatic N) is 4. The summed E-state index contributed by atoms with van der Waals surface area (Å²) in [6.45, 7) is 6.33. The van der Waals surface area contributed by atoms with E-state index in [0.29, 0.717) is 6.54 Å². The number of nitro groups is 1. The maximum atomic E-state index is 10.9. The van der Waals surface area contributed by atoms with Gasteiger partial charge in [0.15, 0.2) is 0 Å². The van der Waals surface area contributed by atoms with Crippen LogP contribution in [0.4, 0.5) is 5.69 Å². The van der Waals surface area contributed by atoms with E-state index in [1.54, 1.807) is 34.4 Å². The van der Waals surface area contributed by atoms with Gasteiger partial charge in [-0.2, -0.15) is 5.10 Å². The average molecular weight is 384 g/mol. The van der Waals surface area contributed by atoms with Crippen molar-refractivity contribution >= 4 is 34.6 Å². The third-order valence-corrected chi connectivity index (χ3v) is 5.05. The van der Waals surface area contributed by atoms with Gasteiger partial charge >= 0.3 is 0 Å². The van der Waals surface area contributed by atoms with Crippen LogP contribution >= 0.6 is 22.7 Å². The maximum Gasteiger partial charge on any atom is 0.269 e. The van der Waals surface area contributed by atoms with Crippen molar-refractivity contribution in [1.29, 1.82) is 0 Å². The molecule has 0 radical (unpaired) electrons. The second-order valence-electron chi connectivity index (χ2n) is 5.55. The van der Waals surface area contributed by atoms with E-state index in [-0.39, 0.29) is 5.69 Å². The fourth-order valence-corrected chi connectivity index (χ4v) is 3.57. The molecule has 2 aromatic heterocycles. The van der Waals surface area contributed by atoms with Crippen LogP contribution in [-0.4, -0.2) is 22.4 Å². The van der Waals surface area contributed by atoms with Crippen molar-refractivity contribution in [3.8, 4) is 11.3 Å². The number of nitro benzene ring substituents is 1. The van der Waals surface area contributed by atoms with Gasteiger partial charge in [-0.25, -0.2) is 4.68 Å². The molecule has 0 fully saturated rings. The van der Waals surface area contributed by atoms with Gasteiger partial charge in [-0.3, -0.25) is 15.1 Å². The minimum absolute atomic E-state index is 0.0600. The standard InChI is InChI=1S/C18H16N4O2S2/c1-13(2)10-19-18-21(20-11-16-4-3-9-25-16)17(12-26-18)14-5-7-15(8-6-14)22(23)24/h3-9,11-12H,1,10H2,2H3. The molecule has 0 saturated heterocycles. The van der Waals surface area contributed by atoms with Crippen molar-refractivity contribution in [3.05, 3.63) is 79.1 Å². The van der Waals surface area contributed by atoms with Gasteiger partial charge in [-0.1, -0.05) is 18.2 Å².